The summed E-state index contributed by atoms with van der Waals surface area (Å²) in [5.74, 6) is 1.18. The molecule has 0 spiro atoms. The molecule has 3 nitrogen and oxygen atoms in total. The second-order valence-corrected chi connectivity index (χ2v) is 4.88. The number of nitrogens with two attached hydrogens (primary N) is 1. The Bertz CT molecular complexity index is 641. The summed E-state index contributed by atoms with van der Waals surface area (Å²) in [5.41, 5.74) is 6.82. The minimum Gasteiger partial charge on any atom is -0.457 e. The van der Waals surface area contributed by atoms with Crippen LogP contribution in [0, 0.1) is 12.3 Å². The van der Waals surface area contributed by atoms with Crippen molar-refractivity contribution >= 4 is 29.0 Å². The summed E-state index contributed by atoms with van der Waals surface area (Å²) in [5, 5.41) is 8.43. The Morgan fingerprint density at radius 3 is 2.26 bits per heavy atom. The molecule has 2 aromatic carbocycles. The molecule has 0 radical (unpaired) electrons. The molecule has 98 valence electrons. The molecule has 0 aliphatic heterocycles. The number of ether oxygens (including phenoxy) is 1. The van der Waals surface area contributed by atoms with Crippen LogP contribution in [0.15, 0.2) is 36.4 Å². The van der Waals surface area contributed by atoms with E-state index in [2.05, 4.69) is 0 Å². The quantitative estimate of drug-likeness (QED) is 0.652. The van der Waals surface area contributed by atoms with E-state index in [0.29, 0.717) is 27.1 Å². The average molecular weight is 295 g/mol. The van der Waals surface area contributed by atoms with Crippen LogP contribution in [0.25, 0.3) is 0 Å². The number of nitrogens with one attached hydrogen (secondary N) is 1. The van der Waals surface area contributed by atoms with Crippen molar-refractivity contribution in [3.63, 3.8) is 0 Å². The molecular formula is C14H12Cl2N2O. The van der Waals surface area contributed by atoms with Crippen molar-refractivity contribution in [2.24, 2.45) is 5.73 Å². The van der Waals surface area contributed by atoms with Gasteiger partial charge in [-0.3, -0.25) is 5.41 Å². The largest absolute Gasteiger partial charge is 0.457 e. The van der Waals surface area contributed by atoms with Gasteiger partial charge in [0.1, 0.15) is 17.3 Å². The molecule has 0 aliphatic rings. The molecule has 3 N–H and O–H groups in total. The summed E-state index contributed by atoms with van der Waals surface area (Å²) in [6.07, 6.45) is 0. The lowest BCUT2D eigenvalue weighted by Gasteiger charge is -2.09. The maximum atomic E-state index is 7.36. The van der Waals surface area contributed by atoms with Crippen molar-refractivity contribution in [3.05, 3.63) is 57.6 Å². The average Bonchev–Trinajstić information content (AvgIpc) is 2.33. The number of nitrogen functional groups attached to an aromatic ring is 1. The Balaban J connectivity index is 2.26. The molecular weight excluding hydrogens is 283 g/mol. The molecule has 0 saturated heterocycles. The summed E-state index contributed by atoms with van der Waals surface area (Å²) in [4.78, 5) is 0. The first kappa shape index (κ1) is 13.7. The standard InChI is InChI=1S/C14H12Cl2N2O/c1-8-6-9(3-5-12(8)15)19-10-2-4-11(14(17)18)13(16)7-10/h2-7H,1H3,(H3,17,18). The Hall–Kier alpha value is -1.71. The van der Waals surface area contributed by atoms with Crippen molar-refractivity contribution in [1.82, 2.24) is 0 Å². The Morgan fingerprint density at radius 2 is 1.68 bits per heavy atom. The highest BCUT2D eigenvalue weighted by Crippen LogP contribution is 2.28. The van der Waals surface area contributed by atoms with Crippen LogP contribution in [0.2, 0.25) is 10.0 Å². The van der Waals surface area contributed by atoms with Gasteiger partial charge in [0, 0.05) is 16.7 Å². The molecule has 5 heteroatoms. The molecule has 0 unspecified atom stereocenters. The Labute approximate surface area is 121 Å². The van der Waals surface area contributed by atoms with Gasteiger partial charge in [0.25, 0.3) is 0 Å². The summed E-state index contributed by atoms with van der Waals surface area (Å²) < 4.78 is 5.68. The lowest BCUT2D eigenvalue weighted by atomic mass is 10.2. The normalized spacial score (nSPS) is 10.3. The van der Waals surface area contributed by atoms with E-state index in [-0.39, 0.29) is 5.84 Å². The third-order valence-corrected chi connectivity index (χ3v) is 3.33. The predicted octanol–water partition coefficient (Wildman–Crippen LogP) is 4.38. The number of hydrogen-bond acceptors (Lipinski definition) is 2. The van der Waals surface area contributed by atoms with Crippen molar-refractivity contribution < 1.29 is 4.74 Å². The maximum Gasteiger partial charge on any atom is 0.128 e. The molecule has 0 fully saturated rings. The van der Waals surface area contributed by atoms with E-state index in [9.17, 15) is 0 Å². The minimum absolute atomic E-state index is 0.0705. The molecule has 0 bridgehead atoms. The fourth-order valence-electron chi connectivity index (χ4n) is 1.59. The van der Waals surface area contributed by atoms with Crippen LogP contribution in [0.5, 0.6) is 11.5 Å². The van der Waals surface area contributed by atoms with E-state index in [4.69, 9.17) is 39.1 Å². The summed E-state index contributed by atoms with van der Waals surface area (Å²) in [6.45, 7) is 1.90. The van der Waals surface area contributed by atoms with Crippen LogP contribution in [-0.2, 0) is 0 Å². The molecule has 0 aliphatic carbocycles. The number of amidine groups is 1. The van der Waals surface area contributed by atoms with Gasteiger partial charge in [-0.05, 0) is 42.8 Å². The highest BCUT2D eigenvalue weighted by atomic mass is 35.5. The zero-order valence-corrected chi connectivity index (χ0v) is 11.7. The first-order valence-electron chi connectivity index (χ1n) is 5.55. The van der Waals surface area contributed by atoms with Crippen molar-refractivity contribution in [2.75, 3.05) is 0 Å². The van der Waals surface area contributed by atoms with Crippen molar-refractivity contribution in [3.8, 4) is 11.5 Å². The van der Waals surface area contributed by atoms with Crippen molar-refractivity contribution in [2.45, 2.75) is 6.92 Å². The van der Waals surface area contributed by atoms with Gasteiger partial charge < -0.3 is 10.5 Å². The fraction of sp³-hybridized carbons (Fsp3) is 0.0714. The van der Waals surface area contributed by atoms with Crippen molar-refractivity contribution in [1.29, 1.82) is 5.41 Å². The van der Waals surface area contributed by atoms with E-state index in [0.717, 1.165) is 5.56 Å². The number of aryl methyl sites for hydroxylation is 1. The second kappa shape index (κ2) is 5.51. The third-order valence-electron chi connectivity index (χ3n) is 2.60. The molecule has 0 aromatic heterocycles. The Kier molecular flexibility index (Phi) is 3.98. The minimum atomic E-state index is -0.0705. The monoisotopic (exact) mass is 294 g/mol. The van der Waals surface area contributed by atoms with Gasteiger partial charge in [0.2, 0.25) is 0 Å². The zero-order chi connectivity index (χ0) is 14.0. The SMILES string of the molecule is Cc1cc(Oc2ccc(C(=N)N)c(Cl)c2)ccc1Cl. The number of hydrogen-bond donors (Lipinski definition) is 2. The number of halogens is 2. The highest BCUT2D eigenvalue weighted by molar-refractivity contribution is 6.34. The number of benzene rings is 2. The first-order valence-corrected chi connectivity index (χ1v) is 6.31. The first-order chi connectivity index (χ1) is 8.97. The van der Waals surface area contributed by atoms with Crippen LogP contribution < -0.4 is 10.5 Å². The third kappa shape index (κ3) is 3.19. The lowest BCUT2D eigenvalue weighted by molar-refractivity contribution is 0.482. The van der Waals surface area contributed by atoms with Gasteiger partial charge in [-0.15, -0.1) is 0 Å². The van der Waals surface area contributed by atoms with E-state index >= 15 is 0 Å². The number of rotatable bonds is 3. The molecule has 2 aromatic rings. The highest BCUT2D eigenvalue weighted by Gasteiger charge is 2.06. The van der Waals surface area contributed by atoms with Gasteiger partial charge in [0.05, 0.1) is 5.02 Å². The van der Waals surface area contributed by atoms with Gasteiger partial charge >= 0.3 is 0 Å². The second-order valence-electron chi connectivity index (χ2n) is 4.07. The van der Waals surface area contributed by atoms with E-state index in [1.807, 2.05) is 13.0 Å². The van der Waals surface area contributed by atoms with Gasteiger partial charge in [0.15, 0.2) is 0 Å². The predicted molar refractivity (Wildman–Crippen MR) is 78.7 cm³/mol. The lowest BCUT2D eigenvalue weighted by Crippen LogP contribution is -2.11. The van der Waals surface area contributed by atoms with E-state index < -0.39 is 0 Å². The topological polar surface area (TPSA) is 59.1 Å². The van der Waals surface area contributed by atoms with Crippen LogP contribution in [0.3, 0.4) is 0 Å². The van der Waals surface area contributed by atoms with Gasteiger partial charge in [-0.2, -0.15) is 0 Å². The molecule has 0 saturated carbocycles. The smallest absolute Gasteiger partial charge is 0.128 e. The zero-order valence-electron chi connectivity index (χ0n) is 10.2. The maximum absolute atomic E-state index is 7.36. The molecule has 2 rings (SSSR count). The molecule has 0 atom stereocenters. The summed E-state index contributed by atoms with van der Waals surface area (Å²) in [6, 6.07) is 10.4. The van der Waals surface area contributed by atoms with Crippen LogP contribution in [0.4, 0.5) is 0 Å². The summed E-state index contributed by atoms with van der Waals surface area (Å²) in [7, 11) is 0. The molecule has 19 heavy (non-hydrogen) atoms. The van der Waals surface area contributed by atoms with Gasteiger partial charge in [-0.1, -0.05) is 23.2 Å². The molecule has 0 amide bonds. The van der Waals surface area contributed by atoms with Crippen LogP contribution >= 0.6 is 23.2 Å². The summed E-state index contributed by atoms with van der Waals surface area (Å²) >= 11 is 12.0. The van der Waals surface area contributed by atoms with Crippen LogP contribution in [-0.4, -0.2) is 5.84 Å². The molecule has 0 heterocycles. The Morgan fingerprint density at radius 1 is 1.05 bits per heavy atom. The van der Waals surface area contributed by atoms with Gasteiger partial charge in [-0.25, -0.2) is 0 Å². The fourth-order valence-corrected chi connectivity index (χ4v) is 1.98. The van der Waals surface area contributed by atoms with E-state index in [1.54, 1.807) is 30.3 Å². The van der Waals surface area contributed by atoms with Crippen LogP contribution in [0.1, 0.15) is 11.1 Å². The van der Waals surface area contributed by atoms with E-state index in [1.165, 1.54) is 0 Å².